The van der Waals surface area contributed by atoms with Crippen LogP contribution >= 0.6 is 45.9 Å². The zero-order valence-electron chi connectivity index (χ0n) is 13.9. The van der Waals surface area contributed by atoms with Crippen molar-refractivity contribution in [2.75, 3.05) is 0 Å². The quantitative estimate of drug-likeness (QED) is 0.634. The Bertz CT molecular complexity index is 1000. The topological polar surface area (TPSA) is 81.5 Å². The van der Waals surface area contributed by atoms with Crippen molar-refractivity contribution >= 4 is 51.7 Å². The molecule has 1 N–H and O–H groups in total. The highest BCUT2D eigenvalue weighted by Gasteiger charge is 2.32. The van der Waals surface area contributed by atoms with Gasteiger partial charge in [0.2, 0.25) is 5.78 Å². The lowest BCUT2D eigenvalue weighted by atomic mass is 10.3. The number of aliphatic hydroxyl groups excluding tert-OH is 1. The van der Waals surface area contributed by atoms with E-state index in [2.05, 4.69) is 9.97 Å². The van der Waals surface area contributed by atoms with Gasteiger partial charge < -0.3 is 14.6 Å². The number of ether oxygens (including phenoxy) is 2. The van der Waals surface area contributed by atoms with Gasteiger partial charge in [-0.15, -0.1) is 22.7 Å². The van der Waals surface area contributed by atoms with E-state index in [1.165, 1.54) is 34.8 Å². The first-order valence-electron chi connectivity index (χ1n) is 7.81. The second-order valence-electron chi connectivity index (χ2n) is 5.73. The third-order valence-corrected chi connectivity index (χ3v) is 6.54. The van der Waals surface area contributed by atoms with Crippen LogP contribution < -0.4 is 9.47 Å². The molecule has 0 amide bonds. The molecule has 4 rings (SSSR count). The fraction of sp³-hybridized carbons (Fsp3) is 0.235. The average Bonchev–Trinajstić information content (AvgIpc) is 3.33. The second-order valence-corrected chi connectivity index (χ2v) is 8.57. The lowest BCUT2D eigenvalue weighted by molar-refractivity contribution is -0.133. The maximum absolute atomic E-state index is 12.5. The molecule has 0 bridgehead atoms. The molecule has 1 aliphatic rings. The SMILES string of the molecule is Cc1nc(CO)sc1-c1csc(CC(=O)C2Oc3cc(Cl)c(Cl)cc3O2)n1. The molecule has 3 aromatic rings. The summed E-state index contributed by atoms with van der Waals surface area (Å²) in [5.41, 5.74) is 1.55. The Balaban J connectivity index is 1.46. The van der Waals surface area contributed by atoms with Crippen LogP contribution in [0.3, 0.4) is 0 Å². The van der Waals surface area contributed by atoms with Crippen molar-refractivity contribution in [3.63, 3.8) is 0 Å². The van der Waals surface area contributed by atoms with E-state index in [1.54, 1.807) is 0 Å². The summed E-state index contributed by atoms with van der Waals surface area (Å²) in [5.74, 6) is 0.523. The van der Waals surface area contributed by atoms with Gasteiger partial charge in [-0.3, -0.25) is 4.79 Å². The minimum Gasteiger partial charge on any atom is -0.444 e. The zero-order valence-corrected chi connectivity index (χ0v) is 17.0. The number of Topliss-reactive ketones (excluding diaryl/α,β-unsaturated/α-hetero) is 1. The predicted molar refractivity (Wildman–Crippen MR) is 104 cm³/mol. The first kappa shape index (κ1) is 18.6. The Labute approximate surface area is 172 Å². The largest absolute Gasteiger partial charge is 0.444 e. The first-order valence-corrected chi connectivity index (χ1v) is 10.3. The molecule has 2 aromatic heterocycles. The number of carbonyl (C=O) groups is 1. The molecule has 3 heterocycles. The van der Waals surface area contributed by atoms with Crippen LogP contribution in [0.2, 0.25) is 10.0 Å². The monoisotopic (exact) mass is 442 g/mol. The smallest absolute Gasteiger partial charge is 0.301 e. The lowest BCUT2D eigenvalue weighted by Gasteiger charge is -2.07. The molecule has 10 heteroatoms. The van der Waals surface area contributed by atoms with Crippen molar-refractivity contribution in [3.8, 4) is 22.1 Å². The molecule has 6 nitrogen and oxygen atoms in total. The highest BCUT2D eigenvalue weighted by Crippen LogP contribution is 2.41. The number of nitrogens with zero attached hydrogens (tertiary/aromatic N) is 2. The molecule has 0 saturated carbocycles. The van der Waals surface area contributed by atoms with E-state index in [4.69, 9.17) is 32.7 Å². The number of carbonyl (C=O) groups excluding carboxylic acids is 1. The summed E-state index contributed by atoms with van der Waals surface area (Å²) in [7, 11) is 0. The summed E-state index contributed by atoms with van der Waals surface area (Å²) in [6, 6.07) is 3.05. The van der Waals surface area contributed by atoms with E-state index in [9.17, 15) is 9.90 Å². The normalized spacial score (nSPS) is 13.3. The van der Waals surface area contributed by atoms with Crippen molar-refractivity contribution in [2.24, 2.45) is 0 Å². The molecular formula is C17H12Cl2N2O4S2. The van der Waals surface area contributed by atoms with E-state index >= 15 is 0 Å². The maximum atomic E-state index is 12.5. The van der Waals surface area contributed by atoms with Gasteiger partial charge in [0.05, 0.1) is 39.3 Å². The standard InChI is InChI=1S/C17H12Cl2N2O4S2/c1-7-16(27-15(5-22)20-7)10-6-26-14(21-10)4-11(23)17-24-12-2-8(18)9(19)3-13(12)25-17/h2-3,6,17,22H,4-5H2,1H3. The summed E-state index contributed by atoms with van der Waals surface area (Å²) in [4.78, 5) is 22.2. The van der Waals surface area contributed by atoms with E-state index < -0.39 is 6.29 Å². The van der Waals surface area contributed by atoms with Gasteiger partial charge in [-0.1, -0.05) is 23.2 Å². The van der Waals surface area contributed by atoms with E-state index in [0.29, 0.717) is 31.6 Å². The maximum Gasteiger partial charge on any atom is 0.301 e. The zero-order chi connectivity index (χ0) is 19.1. The molecule has 27 heavy (non-hydrogen) atoms. The summed E-state index contributed by atoms with van der Waals surface area (Å²) >= 11 is 14.7. The number of halogens is 2. The Morgan fingerprint density at radius 3 is 2.44 bits per heavy atom. The number of fused-ring (bicyclic) bond motifs is 1. The molecule has 0 fully saturated rings. The van der Waals surface area contributed by atoms with Crippen LogP contribution in [0.15, 0.2) is 17.5 Å². The first-order chi connectivity index (χ1) is 12.9. The lowest BCUT2D eigenvalue weighted by Crippen LogP contribution is -2.30. The number of aryl methyl sites for hydroxylation is 1. The van der Waals surface area contributed by atoms with Crippen LogP contribution in [0.4, 0.5) is 0 Å². The number of benzene rings is 1. The number of aromatic nitrogens is 2. The molecule has 0 unspecified atom stereocenters. The fourth-order valence-electron chi connectivity index (χ4n) is 2.57. The van der Waals surface area contributed by atoms with E-state index in [0.717, 1.165) is 16.3 Å². The Hall–Kier alpha value is -1.71. The average molecular weight is 443 g/mol. The molecule has 1 aliphatic heterocycles. The van der Waals surface area contributed by atoms with Gasteiger partial charge in [0, 0.05) is 17.5 Å². The summed E-state index contributed by atoms with van der Waals surface area (Å²) in [6.07, 6.45) is -0.969. The van der Waals surface area contributed by atoms with Gasteiger partial charge >= 0.3 is 6.29 Å². The van der Waals surface area contributed by atoms with Gasteiger partial charge in [0.15, 0.2) is 11.5 Å². The summed E-state index contributed by atoms with van der Waals surface area (Å²) in [6.45, 7) is 1.76. The van der Waals surface area contributed by atoms with Crippen molar-refractivity contribution in [2.45, 2.75) is 26.2 Å². The highest BCUT2D eigenvalue weighted by molar-refractivity contribution is 7.16. The number of aliphatic hydroxyl groups is 1. The molecule has 0 spiro atoms. The van der Waals surface area contributed by atoms with E-state index in [1.807, 2.05) is 12.3 Å². The summed E-state index contributed by atoms with van der Waals surface area (Å²) < 4.78 is 11.1. The van der Waals surface area contributed by atoms with Crippen molar-refractivity contribution in [1.29, 1.82) is 0 Å². The minimum atomic E-state index is -1.05. The molecule has 0 saturated heterocycles. The molecule has 0 radical (unpaired) electrons. The number of ketones is 1. The Kier molecular flexibility index (Phi) is 5.09. The number of rotatable bonds is 5. The Morgan fingerprint density at radius 1 is 1.19 bits per heavy atom. The van der Waals surface area contributed by atoms with Crippen LogP contribution in [0.1, 0.15) is 15.7 Å². The third kappa shape index (κ3) is 3.68. The number of hydrogen-bond donors (Lipinski definition) is 1. The highest BCUT2D eigenvalue weighted by atomic mass is 35.5. The van der Waals surface area contributed by atoms with E-state index in [-0.39, 0.29) is 18.8 Å². The molecular weight excluding hydrogens is 431 g/mol. The second kappa shape index (κ2) is 7.37. The molecule has 0 atom stereocenters. The van der Waals surface area contributed by atoms with Crippen molar-refractivity contribution in [3.05, 3.63) is 43.3 Å². The van der Waals surface area contributed by atoms with Gasteiger partial charge in [-0.2, -0.15) is 0 Å². The van der Waals surface area contributed by atoms with Crippen LogP contribution in [0.25, 0.3) is 10.6 Å². The van der Waals surface area contributed by atoms with Crippen LogP contribution in [-0.4, -0.2) is 27.1 Å². The molecule has 140 valence electrons. The third-order valence-electron chi connectivity index (χ3n) is 3.80. The molecule has 0 aliphatic carbocycles. The van der Waals surface area contributed by atoms with Gasteiger partial charge in [-0.05, 0) is 6.92 Å². The number of hydrogen-bond acceptors (Lipinski definition) is 8. The van der Waals surface area contributed by atoms with Crippen molar-refractivity contribution < 1.29 is 19.4 Å². The van der Waals surface area contributed by atoms with Crippen LogP contribution in [0, 0.1) is 6.92 Å². The van der Waals surface area contributed by atoms with Crippen molar-refractivity contribution in [1.82, 2.24) is 9.97 Å². The number of thiazole rings is 2. The van der Waals surface area contributed by atoms with Gasteiger partial charge in [0.25, 0.3) is 0 Å². The fourth-order valence-corrected chi connectivity index (χ4v) is 4.63. The molecule has 1 aromatic carbocycles. The minimum absolute atomic E-state index is 0.0789. The predicted octanol–water partition coefficient (Wildman–Crippen LogP) is 4.28. The van der Waals surface area contributed by atoms with Gasteiger partial charge in [0.1, 0.15) is 10.0 Å². The summed E-state index contributed by atoms with van der Waals surface area (Å²) in [5, 5.41) is 13.0. The van der Waals surface area contributed by atoms with Gasteiger partial charge in [-0.25, -0.2) is 9.97 Å². The Morgan fingerprint density at radius 2 is 1.85 bits per heavy atom. The van der Waals surface area contributed by atoms with Crippen LogP contribution in [0.5, 0.6) is 11.5 Å². The van der Waals surface area contributed by atoms with Crippen LogP contribution in [-0.2, 0) is 17.8 Å².